The van der Waals surface area contributed by atoms with Crippen molar-refractivity contribution in [2.75, 3.05) is 11.8 Å². The Morgan fingerprint density at radius 1 is 1.09 bits per heavy atom. The van der Waals surface area contributed by atoms with Crippen LogP contribution in [-0.2, 0) is 21.4 Å². The third kappa shape index (κ3) is 4.79. The first-order chi connectivity index (χ1) is 15.5. The number of anilines is 1. The number of nitrogens with zero attached hydrogens (tertiary/aromatic N) is 2. The van der Waals surface area contributed by atoms with Crippen LogP contribution >= 0.6 is 11.3 Å². The fourth-order valence-electron chi connectivity index (χ4n) is 2.74. The Hall–Kier alpha value is -3.70. The summed E-state index contributed by atoms with van der Waals surface area (Å²) in [6.45, 7) is -0.270. The number of para-hydroxylation sites is 1. The molecule has 0 spiro atoms. The second-order valence-electron chi connectivity index (χ2n) is 6.40. The molecule has 0 saturated heterocycles. The molecule has 164 valence electrons. The van der Waals surface area contributed by atoms with Gasteiger partial charge >= 0.3 is 5.97 Å². The number of benzene rings is 2. The van der Waals surface area contributed by atoms with Gasteiger partial charge in [0, 0.05) is 5.56 Å². The molecule has 0 fully saturated rings. The van der Waals surface area contributed by atoms with Crippen molar-refractivity contribution in [2.24, 2.45) is 0 Å². The van der Waals surface area contributed by atoms with Gasteiger partial charge in [-0.25, -0.2) is 13.2 Å². The summed E-state index contributed by atoms with van der Waals surface area (Å²) in [6.07, 6.45) is 0. The number of carbonyl (C=O) groups excluding carboxylic acids is 1. The molecule has 9 nitrogen and oxygen atoms in total. The third-order valence-corrected chi connectivity index (χ3v) is 7.06. The van der Waals surface area contributed by atoms with Gasteiger partial charge in [-0.3, -0.25) is 4.72 Å². The highest BCUT2D eigenvalue weighted by Crippen LogP contribution is 2.24. The minimum absolute atomic E-state index is 0.0579. The first-order valence-corrected chi connectivity index (χ1v) is 11.6. The number of hydrogen-bond acceptors (Lipinski definition) is 9. The van der Waals surface area contributed by atoms with E-state index in [9.17, 15) is 13.2 Å². The smallest absolute Gasteiger partial charge is 0.340 e. The predicted octanol–water partition coefficient (Wildman–Crippen LogP) is 3.96. The fourth-order valence-corrected chi connectivity index (χ4v) is 4.81. The van der Waals surface area contributed by atoms with Crippen molar-refractivity contribution < 1.29 is 27.2 Å². The van der Waals surface area contributed by atoms with Crippen molar-refractivity contribution in [3.63, 3.8) is 0 Å². The number of rotatable bonds is 8. The van der Waals surface area contributed by atoms with E-state index in [2.05, 4.69) is 14.9 Å². The first-order valence-electron chi connectivity index (χ1n) is 9.26. The molecular weight excluding hydrogens is 454 g/mol. The molecule has 4 aromatic rings. The molecule has 2 aromatic carbocycles. The summed E-state index contributed by atoms with van der Waals surface area (Å²) in [7, 11) is -2.24. The molecule has 1 N–H and O–H groups in total. The van der Waals surface area contributed by atoms with Crippen molar-refractivity contribution in [3.05, 3.63) is 77.5 Å². The number of hydrogen-bond donors (Lipinski definition) is 1. The molecule has 2 aromatic heterocycles. The van der Waals surface area contributed by atoms with Crippen molar-refractivity contribution in [1.29, 1.82) is 0 Å². The van der Waals surface area contributed by atoms with Crippen LogP contribution < -0.4 is 9.46 Å². The zero-order chi connectivity index (χ0) is 22.6. The van der Waals surface area contributed by atoms with Gasteiger partial charge in [0.25, 0.3) is 15.9 Å². The number of aromatic nitrogens is 2. The second-order valence-corrected chi connectivity index (χ2v) is 9.26. The maximum Gasteiger partial charge on any atom is 0.340 e. The monoisotopic (exact) mass is 471 g/mol. The Kier molecular flexibility index (Phi) is 6.19. The molecule has 0 aliphatic heterocycles. The summed E-state index contributed by atoms with van der Waals surface area (Å²) < 4.78 is 43.1. The number of nitrogens with one attached hydrogen (secondary N) is 1. The molecule has 0 aliphatic rings. The van der Waals surface area contributed by atoms with E-state index in [0.717, 1.165) is 11.3 Å². The first kappa shape index (κ1) is 21.5. The number of esters is 1. The number of ether oxygens (including phenoxy) is 2. The van der Waals surface area contributed by atoms with E-state index in [1.807, 2.05) is 0 Å². The second kappa shape index (κ2) is 9.20. The third-order valence-electron chi connectivity index (χ3n) is 4.29. The van der Waals surface area contributed by atoms with Gasteiger partial charge in [0.15, 0.2) is 6.61 Å². The van der Waals surface area contributed by atoms with E-state index in [4.69, 9.17) is 14.0 Å². The summed E-state index contributed by atoms with van der Waals surface area (Å²) in [5.41, 5.74) is 0.873. The van der Waals surface area contributed by atoms with Crippen LogP contribution in [0.25, 0.3) is 11.4 Å². The van der Waals surface area contributed by atoms with Crippen LogP contribution in [0.5, 0.6) is 5.75 Å². The molecule has 0 radical (unpaired) electrons. The number of sulfonamides is 1. The van der Waals surface area contributed by atoms with Crippen LogP contribution in [0.15, 0.2) is 74.8 Å². The molecule has 2 heterocycles. The molecule has 0 aliphatic carbocycles. The Morgan fingerprint density at radius 3 is 2.59 bits per heavy atom. The minimum Gasteiger partial charge on any atom is -0.497 e. The van der Waals surface area contributed by atoms with Gasteiger partial charge in [-0.05, 0) is 47.8 Å². The highest BCUT2D eigenvalue weighted by atomic mass is 32.2. The number of thiophene rings is 1. The van der Waals surface area contributed by atoms with Crippen molar-refractivity contribution in [1.82, 2.24) is 10.1 Å². The maximum atomic E-state index is 12.6. The van der Waals surface area contributed by atoms with Gasteiger partial charge in [0.05, 0.1) is 18.4 Å². The van der Waals surface area contributed by atoms with Gasteiger partial charge in [-0.15, -0.1) is 11.3 Å². The normalized spacial score (nSPS) is 11.2. The van der Waals surface area contributed by atoms with E-state index >= 15 is 0 Å². The summed E-state index contributed by atoms with van der Waals surface area (Å²) in [5.74, 6) is 0.391. The van der Waals surface area contributed by atoms with Crippen LogP contribution in [0.1, 0.15) is 16.2 Å². The minimum atomic E-state index is -3.81. The van der Waals surface area contributed by atoms with E-state index < -0.39 is 16.0 Å². The van der Waals surface area contributed by atoms with Gasteiger partial charge in [-0.1, -0.05) is 23.4 Å². The van der Waals surface area contributed by atoms with Crippen LogP contribution in [-0.4, -0.2) is 31.6 Å². The Labute approximate surface area is 187 Å². The number of methoxy groups -OCH3 is 1. The zero-order valence-electron chi connectivity index (χ0n) is 16.7. The molecule has 4 rings (SSSR count). The van der Waals surface area contributed by atoms with E-state index in [1.54, 1.807) is 55.0 Å². The van der Waals surface area contributed by atoms with Crippen molar-refractivity contribution in [2.45, 2.75) is 10.8 Å². The Morgan fingerprint density at radius 2 is 1.88 bits per heavy atom. The van der Waals surface area contributed by atoms with Gasteiger partial charge < -0.3 is 14.0 Å². The van der Waals surface area contributed by atoms with Crippen molar-refractivity contribution in [3.8, 4) is 17.1 Å². The van der Waals surface area contributed by atoms with Crippen LogP contribution in [0.4, 0.5) is 5.69 Å². The van der Waals surface area contributed by atoms with Crippen LogP contribution in [0.2, 0.25) is 0 Å². The topological polar surface area (TPSA) is 121 Å². The predicted molar refractivity (Wildman–Crippen MR) is 117 cm³/mol. The summed E-state index contributed by atoms with van der Waals surface area (Å²) in [5, 5.41) is 5.53. The maximum absolute atomic E-state index is 12.6. The summed E-state index contributed by atoms with van der Waals surface area (Å²) in [6, 6.07) is 16.3. The fraction of sp³-hybridized carbons (Fsp3) is 0.0952. The van der Waals surface area contributed by atoms with E-state index in [1.165, 1.54) is 18.2 Å². The SMILES string of the molecule is COc1ccc(-c2noc(COC(=O)c3ccccc3NS(=O)(=O)c3cccs3)n2)cc1. The largest absolute Gasteiger partial charge is 0.497 e. The molecule has 11 heteroatoms. The molecule has 0 bridgehead atoms. The molecule has 0 unspecified atom stereocenters. The Bertz CT molecular complexity index is 1320. The van der Waals surface area contributed by atoms with Crippen LogP contribution in [0, 0.1) is 0 Å². The molecule has 0 amide bonds. The van der Waals surface area contributed by atoms with Gasteiger partial charge in [0.2, 0.25) is 5.82 Å². The van der Waals surface area contributed by atoms with Crippen molar-refractivity contribution >= 4 is 33.0 Å². The lowest BCUT2D eigenvalue weighted by molar-refractivity contribution is 0.0431. The lowest BCUT2D eigenvalue weighted by Crippen LogP contribution is -2.15. The number of carbonyl (C=O) groups is 1. The summed E-state index contributed by atoms with van der Waals surface area (Å²) in [4.78, 5) is 16.8. The van der Waals surface area contributed by atoms with Gasteiger partial charge in [-0.2, -0.15) is 4.98 Å². The van der Waals surface area contributed by atoms with E-state index in [0.29, 0.717) is 17.1 Å². The standard InChI is InChI=1S/C21H17N3O6S2/c1-28-15-10-8-14(9-11-15)20-22-18(30-23-20)13-29-21(25)16-5-2-3-6-17(16)24-32(26,27)19-7-4-12-31-19/h2-12,24H,13H2,1H3. The van der Waals surface area contributed by atoms with Gasteiger partial charge in [0.1, 0.15) is 9.96 Å². The lowest BCUT2D eigenvalue weighted by Gasteiger charge is -2.10. The summed E-state index contributed by atoms with van der Waals surface area (Å²) >= 11 is 1.07. The molecule has 0 atom stereocenters. The quantitative estimate of drug-likeness (QED) is 0.383. The van der Waals surface area contributed by atoms with E-state index in [-0.39, 0.29) is 28.0 Å². The highest BCUT2D eigenvalue weighted by molar-refractivity contribution is 7.94. The van der Waals surface area contributed by atoms with Crippen LogP contribution in [0.3, 0.4) is 0 Å². The average molecular weight is 472 g/mol. The zero-order valence-corrected chi connectivity index (χ0v) is 18.4. The highest BCUT2D eigenvalue weighted by Gasteiger charge is 2.21. The molecular formula is C21H17N3O6S2. The Balaban J connectivity index is 1.44. The molecule has 0 saturated carbocycles. The average Bonchev–Trinajstić information content (AvgIpc) is 3.51. The lowest BCUT2D eigenvalue weighted by atomic mass is 10.2. The molecule has 32 heavy (non-hydrogen) atoms.